The van der Waals surface area contributed by atoms with Crippen LogP contribution < -0.4 is 0 Å². The molecule has 0 N–H and O–H groups in total. The Morgan fingerprint density at radius 3 is 2.21 bits per heavy atom. The summed E-state index contributed by atoms with van der Waals surface area (Å²) in [5.41, 5.74) is 3.74. The van der Waals surface area contributed by atoms with Gasteiger partial charge in [-0.1, -0.05) is 30.3 Å². The van der Waals surface area contributed by atoms with Gasteiger partial charge >= 0.3 is 0 Å². The van der Waals surface area contributed by atoms with Gasteiger partial charge < -0.3 is 0 Å². The maximum Gasteiger partial charge on any atom is 0.151 e. The molecule has 0 aliphatic heterocycles. The first-order valence-electron chi connectivity index (χ1n) is 7.54. The predicted molar refractivity (Wildman–Crippen MR) is 89.3 cm³/mol. The van der Waals surface area contributed by atoms with Gasteiger partial charge in [-0.15, -0.1) is 0 Å². The summed E-state index contributed by atoms with van der Waals surface area (Å²) < 4.78 is 0. The Morgan fingerprint density at radius 1 is 0.958 bits per heavy atom. The second-order valence-corrected chi connectivity index (χ2v) is 5.33. The van der Waals surface area contributed by atoms with Crippen LogP contribution in [-0.4, -0.2) is 0 Å². The van der Waals surface area contributed by atoms with Crippen molar-refractivity contribution in [2.75, 3.05) is 0 Å². The van der Waals surface area contributed by atoms with Crippen LogP contribution in [0.3, 0.4) is 0 Å². The van der Waals surface area contributed by atoms with Gasteiger partial charge in [0.05, 0.1) is 12.1 Å². The standard InChI is InChI=1S/C20H14N4/c21-11-15(12-22)9-18-7-4-8-19(10-16(13-23)14-24)20(18)17-5-2-1-3-6-17/h1-3,5-6,9-10,15H,4,7-8H2. The van der Waals surface area contributed by atoms with Crippen LogP contribution in [0, 0.1) is 51.2 Å². The molecular formula is C20H14N4. The first kappa shape index (κ1) is 16.8. The minimum absolute atomic E-state index is 0.0526. The normalized spacial score (nSPS) is 15.1. The molecular weight excluding hydrogens is 296 g/mol. The summed E-state index contributed by atoms with van der Waals surface area (Å²) in [6.07, 6.45) is 5.66. The molecule has 0 saturated heterocycles. The smallest absolute Gasteiger partial charge is 0.151 e. The maximum atomic E-state index is 9.07. The summed E-state index contributed by atoms with van der Waals surface area (Å²) in [5, 5.41) is 36.2. The minimum atomic E-state index is -0.812. The van der Waals surface area contributed by atoms with Crippen molar-refractivity contribution >= 4 is 5.57 Å². The van der Waals surface area contributed by atoms with Crippen LogP contribution >= 0.6 is 0 Å². The molecule has 0 saturated carbocycles. The molecule has 0 atom stereocenters. The summed E-state index contributed by atoms with van der Waals surface area (Å²) in [5.74, 6) is -0.812. The highest BCUT2D eigenvalue weighted by atomic mass is 14.3. The third-order valence-electron chi connectivity index (χ3n) is 3.80. The Labute approximate surface area is 141 Å². The van der Waals surface area contributed by atoms with E-state index in [9.17, 15) is 0 Å². The molecule has 0 spiro atoms. The lowest BCUT2D eigenvalue weighted by atomic mass is 9.81. The summed E-state index contributed by atoms with van der Waals surface area (Å²) in [6.45, 7) is 0. The molecule has 0 bridgehead atoms. The second kappa shape index (κ2) is 8.14. The van der Waals surface area contributed by atoms with Crippen molar-refractivity contribution < 1.29 is 0 Å². The fourth-order valence-electron chi connectivity index (χ4n) is 2.78. The van der Waals surface area contributed by atoms with Crippen LogP contribution in [0.25, 0.3) is 5.57 Å². The van der Waals surface area contributed by atoms with Crippen LogP contribution in [0.1, 0.15) is 24.8 Å². The van der Waals surface area contributed by atoms with E-state index >= 15 is 0 Å². The molecule has 0 aromatic heterocycles. The lowest BCUT2D eigenvalue weighted by Gasteiger charge is -2.22. The van der Waals surface area contributed by atoms with E-state index in [2.05, 4.69) is 0 Å². The number of benzene rings is 1. The van der Waals surface area contributed by atoms with Crippen LogP contribution in [0.2, 0.25) is 0 Å². The molecule has 114 valence electrons. The van der Waals surface area contributed by atoms with Crippen molar-refractivity contribution in [2.24, 2.45) is 5.92 Å². The number of allylic oxidation sites excluding steroid dienone is 6. The summed E-state index contributed by atoms with van der Waals surface area (Å²) >= 11 is 0. The fourth-order valence-corrected chi connectivity index (χ4v) is 2.78. The number of hydrogen-bond acceptors (Lipinski definition) is 4. The van der Waals surface area contributed by atoms with E-state index in [1.165, 1.54) is 0 Å². The Balaban J connectivity index is 2.68. The van der Waals surface area contributed by atoms with Gasteiger partial charge in [-0.25, -0.2) is 0 Å². The molecule has 1 aliphatic rings. The lowest BCUT2D eigenvalue weighted by molar-refractivity contribution is 0.798. The first-order valence-corrected chi connectivity index (χ1v) is 7.54. The molecule has 0 heterocycles. The van der Waals surface area contributed by atoms with E-state index in [4.69, 9.17) is 21.0 Å². The monoisotopic (exact) mass is 310 g/mol. The van der Waals surface area contributed by atoms with Crippen molar-refractivity contribution in [1.29, 1.82) is 21.0 Å². The van der Waals surface area contributed by atoms with Crippen LogP contribution in [0.5, 0.6) is 0 Å². The molecule has 4 heteroatoms. The van der Waals surface area contributed by atoms with E-state index in [1.807, 2.05) is 54.6 Å². The van der Waals surface area contributed by atoms with E-state index in [0.717, 1.165) is 41.5 Å². The molecule has 1 aliphatic carbocycles. The largest absolute Gasteiger partial charge is 0.197 e. The zero-order valence-corrected chi connectivity index (χ0v) is 13.0. The van der Waals surface area contributed by atoms with Gasteiger partial charge in [0.15, 0.2) is 5.92 Å². The topological polar surface area (TPSA) is 95.2 Å². The molecule has 1 aromatic rings. The minimum Gasteiger partial charge on any atom is -0.197 e. The average molecular weight is 310 g/mol. The third-order valence-corrected chi connectivity index (χ3v) is 3.80. The van der Waals surface area contributed by atoms with Gasteiger partial charge in [-0.05, 0) is 53.7 Å². The van der Waals surface area contributed by atoms with Crippen molar-refractivity contribution in [3.63, 3.8) is 0 Å². The fraction of sp³-hybridized carbons (Fsp3) is 0.200. The third kappa shape index (κ3) is 3.78. The van der Waals surface area contributed by atoms with Crippen LogP contribution in [0.4, 0.5) is 0 Å². The lowest BCUT2D eigenvalue weighted by Crippen LogP contribution is -2.04. The molecule has 0 amide bonds. The van der Waals surface area contributed by atoms with Crippen LogP contribution in [0.15, 0.2) is 59.2 Å². The maximum absolute atomic E-state index is 9.07. The van der Waals surface area contributed by atoms with Gasteiger partial charge in [0.25, 0.3) is 0 Å². The average Bonchev–Trinajstić information content (AvgIpc) is 2.64. The summed E-state index contributed by atoms with van der Waals surface area (Å²) in [4.78, 5) is 0. The summed E-state index contributed by atoms with van der Waals surface area (Å²) in [6, 6.07) is 17.4. The zero-order chi connectivity index (χ0) is 17.4. The quantitative estimate of drug-likeness (QED) is 0.782. The van der Waals surface area contributed by atoms with Crippen molar-refractivity contribution in [2.45, 2.75) is 19.3 Å². The van der Waals surface area contributed by atoms with Crippen LogP contribution in [-0.2, 0) is 0 Å². The van der Waals surface area contributed by atoms with Crippen molar-refractivity contribution in [3.05, 3.63) is 64.8 Å². The van der Waals surface area contributed by atoms with Gasteiger partial charge in [0.2, 0.25) is 0 Å². The summed E-state index contributed by atoms with van der Waals surface area (Å²) in [7, 11) is 0. The van der Waals surface area contributed by atoms with Crippen molar-refractivity contribution in [1.82, 2.24) is 0 Å². The van der Waals surface area contributed by atoms with E-state index in [-0.39, 0.29) is 5.57 Å². The molecule has 0 radical (unpaired) electrons. The first-order chi connectivity index (χ1) is 11.7. The molecule has 2 rings (SSSR count). The van der Waals surface area contributed by atoms with Gasteiger partial charge in [-0.2, -0.15) is 21.0 Å². The zero-order valence-electron chi connectivity index (χ0n) is 13.0. The van der Waals surface area contributed by atoms with Crippen molar-refractivity contribution in [3.8, 4) is 24.3 Å². The number of nitrogens with zero attached hydrogens (tertiary/aromatic N) is 4. The second-order valence-electron chi connectivity index (χ2n) is 5.33. The van der Waals surface area contributed by atoms with Gasteiger partial charge in [0, 0.05) is 0 Å². The highest BCUT2D eigenvalue weighted by molar-refractivity contribution is 5.84. The number of nitriles is 4. The highest BCUT2D eigenvalue weighted by Gasteiger charge is 2.19. The molecule has 1 aromatic carbocycles. The number of rotatable bonds is 3. The SMILES string of the molecule is N#CC(C#N)=CC1=C(c2ccccc2)C(=CC(C#N)C#N)CCC1. The molecule has 0 fully saturated rings. The van der Waals surface area contributed by atoms with E-state index < -0.39 is 5.92 Å². The Bertz CT molecular complexity index is 845. The van der Waals surface area contributed by atoms with E-state index in [1.54, 1.807) is 12.2 Å². The highest BCUT2D eigenvalue weighted by Crippen LogP contribution is 2.38. The van der Waals surface area contributed by atoms with Gasteiger partial charge in [-0.3, -0.25) is 0 Å². The van der Waals surface area contributed by atoms with E-state index in [0.29, 0.717) is 0 Å². The molecule has 4 nitrogen and oxygen atoms in total. The molecule has 0 unspecified atom stereocenters. The predicted octanol–water partition coefficient (Wildman–Crippen LogP) is 4.19. The molecule has 24 heavy (non-hydrogen) atoms. The number of hydrogen-bond donors (Lipinski definition) is 0. The Kier molecular flexibility index (Phi) is 5.69. The van der Waals surface area contributed by atoms with Gasteiger partial charge in [0.1, 0.15) is 17.7 Å². The Hall–Kier alpha value is -3.60. The Morgan fingerprint density at radius 2 is 1.62 bits per heavy atom.